The molecule has 1 spiro atoms. The Kier molecular flexibility index (Phi) is 2.44. The summed E-state index contributed by atoms with van der Waals surface area (Å²) in [7, 11) is 0. The summed E-state index contributed by atoms with van der Waals surface area (Å²) in [6, 6.07) is 0. The summed E-state index contributed by atoms with van der Waals surface area (Å²) in [6.07, 6.45) is 6.70. The molecule has 1 aliphatic heterocycles. The molecule has 2 nitrogen and oxygen atoms in total. The van der Waals surface area contributed by atoms with Crippen molar-refractivity contribution in [2.45, 2.75) is 71.8 Å². The van der Waals surface area contributed by atoms with Gasteiger partial charge < -0.3 is 4.74 Å². The number of rotatable bonds is 0. The van der Waals surface area contributed by atoms with Crippen LogP contribution in [0.1, 0.15) is 66.2 Å². The molecule has 2 saturated carbocycles. The Morgan fingerprint density at radius 3 is 2.61 bits per heavy atom. The molecule has 1 saturated heterocycles. The third-order valence-electron chi connectivity index (χ3n) is 6.63. The molecule has 0 aromatic carbocycles. The van der Waals surface area contributed by atoms with Crippen LogP contribution in [0.2, 0.25) is 0 Å². The van der Waals surface area contributed by atoms with Gasteiger partial charge in [0.1, 0.15) is 5.60 Å². The van der Waals surface area contributed by atoms with E-state index in [4.69, 9.17) is 4.74 Å². The standard InChI is InChI=1S/C16H26O2/c1-11-6-7-12-14(2,3)8-5-9-16(12)15(11,4)10-13(17)18-16/h11-12H,5-10H2,1-4H3/t11-,12-,15+,16-/m0/s1. The number of hydrogen-bond acceptors (Lipinski definition) is 2. The first-order valence-corrected chi connectivity index (χ1v) is 7.54. The molecule has 18 heavy (non-hydrogen) atoms. The van der Waals surface area contributed by atoms with Crippen LogP contribution in [-0.4, -0.2) is 11.6 Å². The summed E-state index contributed by atoms with van der Waals surface area (Å²) in [4.78, 5) is 12.0. The summed E-state index contributed by atoms with van der Waals surface area (Å²) in [5.74, 6) is 1.22. The van der Waals surface area contributed by atoms with Crippen LogP contribution >= 0.6 is 0 Å². The molecule has 102 valence electrons. The second kappa shape index (κ2) is 3.52. The molecule has 0 aromatic rings. The van der Waals surface area contributed by atoms with E-state index in [9.17, 15) is 4.79 Å². The highest BCUT2D eigenvalue weighted by atomic mass is 16.6. The van der Waals surface area contributed by atoms with Crippen LogP contribution in [0.3, 0.4) is 0 Å². The van der Waals surface area contributed by atoms with E-state index in [1.54, 1.807) is 0 Å². The van der Waals surface area contributed by atoms with Gasteiger partial charge >= 0.3 is 5.97 Å². The van der Waals surface area contributed by atoms with Gasteiger partial charge in [0.25, 0.3) is 0 Å². The Bertz CT molecular complexity index is 387. The van der Waals surface area contributed by atoms with E-state index >= 15 is 0 Å². The lowest BCUT2D eigenvalue weighted by Gasteiger charge is -2.60. The maximum atomic E-state index is 12.0. The SMILES string of the molecule is C[C@H]1CC[C@H]2C(C)(C)CCC[C@]23OC(=O)C[C@]13C. The van der Waals surface area contributed by atoms with Gasteiger partial charge in [0, 0.05) is 11.3 Å². The Hall–Kier alpha value is -0.530. The van der Waals surface area contributed by atoms with Crippen molar-refractivity contribution < 1.29 is 9.53 Å². The largest absolute Gasteiger partial charge is 0.458 e. The second-order valence-corrected chi connectivity index (χ2v) is 7.83. The van der Waals surface area contributed by atoms with E-state index in [1.165, 1.54) is 25.7 Å². The van der Waals surface area contributed by atoms with Crippen molar-refractivity contribution in [1.82, 2.24) is 0 Å². The maximum Gasteiger partial charge on any atom is 0.307 e. The highest BCUT2D eigenvalue weighted by molar-refractivity contribution is 5.74. The van der Waals surface area contributed by atoms with Crippen LogP contribution in [0.25, 0.3) is 0 Å². The fourth-order valence-electron chi connectivity index (χ4n) is 5.35. The third kappa shape index (κ3) is 1.32. The molecule has 0 N–H and O–H groups in total. The van der Waals surface area contributed by atoms with Gasteiger partial charge in [-0.15, -0.1) is 0 Å². The number of carbonyl (C=O) groups excluding carboxylic acids is 1. The summed E-state index contributed by atoms with van der Waals surface area (Å²) in [5, 5.41) is 0. The predicted molar refractivity (Wildman–Crippen MR) is 71.1 cm³/mol. The fourth-order valence-corrected chi connectivity index (χ4v) is 5.35. The van der Waals surface area contributed by atoms with Gasteiger partial charge in [-0.05, 0) is 43.4 Å². The molecule has 0 aromatic heterocycles. The Morgan fingerprint density at radius 1 is 1.17 bits per heavy atom. The maximum absolute atomic E-state index is 12.0. The number of esters is 1. The Labute approximate surface area is 110 Å². The molecule has 3 rings (SSSR count). The molecule has 4 atom stereocenters. The minimum absolute atomic E-state index is 0.0500. The Morgan fingerprint density at radius 2 is 1.89 bits per heavy atom. The lowest BCUT2D eigenvalue weighted by atomic mass is 9.46. The van der Waals surface area contributed by atoms with Crippen LogP contribution in [0.4, 0.5) is 0 Å². The van der Waals surface area contributed by atoms with Gasteiger partial charge in [-0.1, -0.05) is 27.7 Å². The van der Waals surface area contributed by atoms with Gasteiger partial charge in [0.15, 0.2) is 0 Å². The number of hydrogen-bond donors (Lipinski definition) is 0. The van der Waals surface area contributed by atoms with Gasteiger partial charge in [-0.25, -0.2) is 0 Å². The second-order valence-electron chi connectivity index (χ2n) is 7.83. The molecule has 0 bridgehead atoms. The molecular formula is C16H26O2. The van der Waals surface area contributed by atoms with E-state index < -0.39 is 0 Å². The molecule has 0 amide bonds. The van der Waals surface area contributed by atoms with Crippen LogP contribution in [0.5, 0.6) is 0 Å². The van der Waals surface area contributed by atoms with E-state index in [2.05, 4.69) is 27.7 Å². The van der Waals surface area contributed by atoms with E-state index in [1.807, 2.05) is 0 Å². The normalized spacial score (nSPS) is 50.3. The molecule has 2 aliphatic carbocycles. The van der Waals surface area contributed by atoms with Crippen LogP contribution in [-0.2, 0) is 9.53 Å². The van der Waals surface area contributed by atoms with Crippen molar-refractivity contribution >= 4 is 5.97 Å². The first-order chi connectivity index (χ1) is 8.32. The summed E-state index contributed by atoms with van der Waals surface area (Å²) in [6.45, 7) is 9.39. The van der Waals surface area contributed by atoms with Gasteiger partial charge in [0.2, 0.25) is 0 Å². The lowest BCUT2D eigenvalue weighted by molar-refractivity contribution is -0.202. The molecule has 0 unspecified atom stereocenters. The number of ether oxygens (including phenoxy) is 1. The van der Waals surface area contributed by atoms with E-state index in [-0.39, 0.29) is 17.0 Å². The summed E-state index contributed by atoms with van der Waals surface area (Å²) < 4.78 is 6.03. The highest BCUT2D eigenvalue weighted by Crippen LogP contribution is 2.66. The lowest BCUT2D eigenvalue weighted by Crippen LogP contribution is -2.61. The van der Waals surface area contributed by atoms with Crippen molar-refractivity contribution in [1.29, 1.82) is 0 Å². The minimum atomic E-state index is -0.149. The molecule has 0 radical (unpaired) electrons. The topological polar surface area (TPSA) is 26.3 Å². The molecule has 3 fully saturated rings. The molecular weight excluding hydrogens is 224 g/mol. The zero-order valence-corrected chi connectivity index (χ0v) is 12.2. The van der Waals surface area contributed by atoms with Crippen molar-refractivity contribution in [3.05, 3.63) is 0 Å². The van der Waals surface area contributed by atoms with Crippen LogP contribution in [0, 0.1) is 22.7 Å². The van der Waals surface area contributed by atoms with Crippen LogP contribution in [0.15, 0.2) is 0 Å². The van der Waals surface area contributed by atoms with Crippen molar-refractivity contribution in [3.63, 3.8) is 0 Å². The first kappa shape index (κ1) is 12.5. The number of carbonyl (C=O) groups is 1. The highest BCUT2D eigenvalue weighted by Gasteiger charge is 2.68. The monoisotopic (exact) mass is 250 g/mol. The zero-order valence-electron chi connectivity index (χ0n) is 12.2. The average Bonchev–Trinajstić information content (AvgIpc) is 2.50. The first-order valence-electron chi connectivity index (χ1n) is 7.54. The molecule has 1 heterocycles. The summed E-state index contributed by atoms with van der Waals surface area (Å²) in [5.41, 5.74) is 0.248. The predicted octanol–water partition coefficient (Wildman–Crippen LogP) is 3.93. The smallest absolute Gasteiger partial charge is 0.307 e. The van der Waals surface area contributed by atoms with Crippen LogP contribution < -0.4 is 0 Å². The Balaban J connectivity index is 2.10. The van der Waals surface area contributed by atoms with Crippen molar-refractivity contribution in [3.8, 4) is 0 Å². The van der Waals surface area contributed by atoms with Gasteiger partial charge in [0.05, 0.1) is 6.42 Å². The fraction of sp³-hybridized carbons (Fsp3) is 0.938. The molecule has 3 aliphatic rings. The zero-order chi connectivity index (χ0) is 13.2. The van der Waals surface area contributed by atoms with E-state index in [0.29, 0.717) is 23.7 Å². The van der Waals surface area contributed by atoms with Crippen molar-refractivity contribution in [2.24, 2.45) is 22.7 Å². The average molecular weight is 250 g/mol. The quantitative estimate of drug-likeness (QED) is 0.609. The van der Waals surface area contributed by atoms with E-state index in [0.717, 1.165) is 6.42 Å². The minimum Gasteiger partial charge on any atom is -0.458 e. The third-order valence-corrected chi connectivity index (χ3v) is 6.63. The molecule has 2 heteroatoms. The van der Waals surface area contributed by atoms with Gasteiger partial charge in [-0.3, -0.25) is 4.79 Å². The van der Waals surface area contributed by atoms with Gasteiger partial charge in [-0.2, -0.15) is 0 Å². The van der Waals surface area contributed by atoms with Crippen molar-refractivity contribution in [2.75, 3.05) is 0 Å². The summed E-state index contributed by atoms with van der Waals surface area (Å²) >= 11 is 0.